The lowest BCUT2D eigenvalue weighted by molar-refractivity contribution is -0.384. The van der Waals surface area contributed by atoms with Gasteiger partial charge in [0.05, 0.1) is 28.5 Å². The number of nitrogens with zero attached hydrogens (tertiary/aromatic N) is 3. The van der Waals surface area contributed by atoms with Crippen LogP contribution in [0.4, 0.5) is 5.69 Å². The van der Waals surface area contributed by atoms with Gasteiger partial charge in [0, 0.05) is 11.1 Å². The third-order valence-electron chi connectivity index (χ3n) is 6.99. The van der Waals surface area contributed by atoms with Crippen LogP contribution in [0.5, 0.6) is 0 Å². The Morgan fingerprint density at radius 3 is 2.42 bits per heavy atom. The first-order valence-corrected chi connectivity index (χ1v) is 10.5. The van der Waals surface area contributed by atoms with E-state index in [4.69, 9.17) is 16.0 Å². The van der Waals surface area contributed by atoms with Crippen molar-refractivity contribution in [3.05, 3.63) is 63.4 Å². The summed E-state index contributed by atoms with van der Waals surface area (Å²) in [5, 5.41) is 16.7. The van der Waals surface area contributed by atoms with E-state index in [0.29, 0.717) is 11.8 Å². The summed E-state index contributed by atoms with van der Waals surface area (Å²) in [5.41, 5.74) is 0.0936. The van der Waals surface area contributed by atoms with E-state index in [1.165, 1.54) is 24.4 Å². The van der Waals surface area contributed by atoms with Gasteiger partial charge in [0.1, 0.15) is 11.5 Å². The second-order valence-corrected chi connectivity index (χ2v) is 8.94. The van der Waals surface area contributed by atoms with Crippen LogP contribution in [-0.2, 0) is 9.59 Å². The van der Waals surface area contributed by atoms with Crippen LogP contribution in [0, 0.1) is 45.6 Å². The van der Waals surface area contributed by atoms with E-state index in [1.54, 1.807) is 12.1 Å². The van der Waals surface area contributed by atoms with Crippen molar-refractivity contribution in [3.8, 4) is 11.3 Å². The predicted molar refractivity (Wildman–Crippen MR) is 110 cm³/mol. The number of halogens is 1. The molecule has 1 aromatic heterocycles. The standard InChI is InChI=1S/C22H16ClN3O5/c23-10-1-3-14(17(7-10)26(29)30)18-6-2-11(31-18)9-24-25-21(27)19-12-4-5-13(16-8-15(12)16)20(19)22(25)28/h1-7,9,12-13,15-16,19-20H,8H2/b24-9-/t12-,13-,15-,16+,19-,20+/m0/s1. The predicted octanol–water partition coefficient (Wildman–Crippen LogP) is 3.90. The number of hydrogen-bond acceptors (Lipinski definition) is 6. The molecule has 2 aromatic rings. The second-order valence-electron chi connectivity index (χ2n) is 8.51. The van der Waals surface area contributed by atoms with Crippen molar-refractivity contribution in [2.75, 3.05) is 0 Å². The number of amides is 2. The Kier molecular flexibility index (Phi) is 3.80. The normalized spacial score (nSPS) is 32.6. The highest BCUT2D eigenvalue weighted by atomic mass is 35.5. The second kappa shape index (κ2) is 6.37. The average Bonchev–Trinajstić information content (AvgIpc) is 3.39. The summed E-state index contributed by atoms with van der Waals surface area (Å²) < 4.78 is 5.67. The number of imide groups is 1. The van der Waals surface area contributed by atoms with E-state index in [0.717, 1.165) is 11.4 Å². The summed E-state index contributed by atoms with van der Waals surface area (Å²) >= 11 is 5.86. The highest BCUT2D eigenvalue weighted by molar-refractivity contribution is 6.30. The van der Waals surface area contributed by atoms with Crippen molar-refractivity contribution in [1.82, 2.24) is 5.01 Å². The highest BCUT2D eigenvalue weighted by Gasteiger charge is 2.67. The fourth-order valence-electron chi connectivity index (χ4n) is 5.60. The van der Waals surface area contributed by atoms with Crippen LogP contribution in [0.25, 0.3) is 11.3 Å². The molecule has 31 heavy (non-hydrogen) atoms. The molecule has 2 heterocycles. The summed E-state index contributed by atoms with van der Waals surface area (Å²) in [6, 6.07) is 7.45. The van der Waals surface area contributed by atoms with Crippen molar-refractivity contribution in [2.24, 2.45) is 40.6 Å². The molecule has 2 bridgehead atoms. The molecule has 2 amide bonds. The van der Waals surface area contributed by atoms with Gasteiger partial charge in [-0.25, -0.2) is 0 Å². The molecular weight excluding hydrogens is 422 g/mol. The number of carbonyl (C=O) groups is 2. The van der Waals surface area contributed by atoms with Gasteiger partial charge in [0.15, 0.2) is 0 Å². The number of nitro groups is 1. The third-order valence-corrected chi connectivity index (χ3v) is 7.22. The first-order chi connectivity index (χ1) is 14.9. The fourth-order valence-corrected chi connectivity index (χ4v) is 5.77. The molecule has 9 heteroatoms. The molecule has 8 nitrogen and oxygen atoms in total. The SMILES string of the molecule is O=C1[C@@H]2[C@H]3C=C[C@@H]([C@@H]4C[C@H]34)[C@@H]2C(=O)N1/N=C\c1ccc(-c2ccc(Cl)cc2[N+](=O)[O-])o1. The van der Waals surface area contributed by atoms with E-state index in [9.17, 15) is 19.7 Å². The zero-order chi connectivity index (χ0) is 21.4. The molecule has 0 spiro atoms. The summed E-state index contributed by atoms with van der Waals surface area (Å²) in [6.45, 7) is 0. The van der Waals surface area contributed by atoms with Gasteiger partial charge >= 0.3 is 0 Å². The van der Waals surface area contributed by atoms with Gasteiger partial charge in [0.25, 0.3) is 17.5 Å². The van der Waals surface area contributed by atoms with Crippen LogP contribution in [0.1, 0.15) is 12.2 Å². The van der Waals surface area contributed by atoms with E-state index in [-0.39, 0.29) is 63.3 Å². The van der Waals surface area contributed by atoms with Gasteiger partial charge in [0.2, 0.25) is 0 Å². The van der Waals surface area contributed by atoms with Gasteiger partial charge in [-0.05, 0) is 54.4 Å². The molecule has 0 N–H and O–H groups in total. The fraction of sp³-hybridized carbons (Fsp3) is 0.318. The molecule has 1 saturated heterocycles. The van der Waals surface area contributed by atoms with Gasteiger partial charge in [-0.1, -0.05) is 23.8 Å². The Morgan fingerprint density at radius 2 is 1.77 bits per heavy atom. The van der Waals surface area contributed by atoms with E-state index in [1.807, 2.05) is 0 Å². The molecule has 7 rings (SSSR count). The molecule has 0 radical (unpaired) electrons. The summed E-state index contributed by atoms with van der Waals surface area (Å²) in [5.74, 6) is 0.736. The molecule has 2 saturated carbocycles. The zero-order valence-electron chi connectivity index (χ0n) is 16.1. The highest BCUT2D eigenvalue weighted by Crippen LogP contribution is 2.65. The lowest BCUT2D eigenvalue weighted by atomic mass is 9.63. The van der Waals surface area contributed by atoms with E-state index in [2.05, 4.69) is 17.3 Å². The van der Waals surface area contributed by atoms with Crippen molar-refractivity contribution < 1.29 is 18.9 Å². The number of benzene rings is 1. The summed E-state index contributed by atoms with van der Waals surface area (Å²) in [4.78, 5) is 36.7. The maximum absolute atomic E-state index is 12.9. The number of hydrogen-bond donors (Lipinski definition) is 0. The Hall–Kier alpha value is -3.26. The number of carbonyl (C=O) groups excluding carboxylic acids is 2. The monoisotopic (exact) mass is 437 g/mol. The van der Waals surface area contributed by atoms with E-state index < -0.39 is 4.92 Å². The minimum Gasteiger partial charge on any atom is -0.455 e. The first kappa shape index (κ1) is 18.5. The van der Waals surface area contributed by atoms with Gasteiger partial charge < -0.3 is 4.42 Å². The van der Waals surface area contributed by atoms with Crippen LogP contribution in [0.3, 0.4) is 0 Å². The molecule has 156 valence electrons. The number of rotatable bonds is 4. The summed E-state index contributed by atoms with van der Waals surface area (Å²) in [7, 11) is 0. The first-order valence-electron chi connectivity index (χ1n) is 10.1. The van der Waals surface area contributed by atoms with Crippen molar-refractivity contribution in [1.29, 1.82) is 0 Å². The smallest absolute Gasteiger partial charge is 0.281 e. The Morgan fingerprint density at radius 1 is 1.10 bits per heavy atom. The molecule has 5 aliphatic rings. The van der Waals surface area contributed by atoms with Crippen LogP contribution >= 0.6 is 11.6 Å². The lowest BCUT2D eigenvalue weighted by Gasteiger charge is -2.37. The van der Waals surface area contributed by atoms with E-state index >= 15 is 0 Å². The van der Waals surface area contributed by atoms with Crippen LogP contribution < -0.4 is 0 Å². The Balaban J connectivity index is 1.26. The number of hydrazone groups is 1. The molecule has 6 atom stereocenters. The topological polar surface area (TPSA) is 106 Å². The molecule has 1 aliphatic heterocycles. The van der Waals surface area contributed by atoms with Gasteiger partial charge in [-0.2, -0.15) is 10.1 Å². The largest absolute Gasteiger partial charge is 0.455 e. The minimum absolute atomic E-state index is 0.136. The number of furan rings is 1. The minimum atomic E-state index is -0.534. The third kappa shape index (κ3) is 2.64. The average molecular weight is 438 g/mol. The van der Waals surface area contributed by atoms with Crippen molar-refractivity contribution in [3.63, 3.8) is 0 Å². The van der Waals surface area contributed by atoms with Gasteiger partial charge in [-0.15, -0.1) is 0 Å². The molecule has 1 aromatic carbocycles. The number of allylic oxidation sites excluding steroid dienone is 2. The zero-order valence-corrected chi connectivity index (χ0v) is 16.8. The van der Waals surface area contributed by atoms with Crippen LogP contribution in [-0.4, -0.2) is 28.0 Å². The lowest BCUT2D eigenvalue weighted by Crippen LogP contribution is -2.40. The quantitative estimate of drug-likeness (QED) is 0.237. The number of nitro benzene ring substituents is 1. The Bertz CT molecular complexity index is 1180. The molecular formula is C22H16ClN3O5. The molecule has 3 fully saturated rings. The van der Waals surface area contributed by atoms with Crippen LogP contribution in [0.2, 0.25) is 5.02 Å². The maximum Gasteiger partial charge on any atom is 0.281 e. The Labute approximate surface area is 181 Å². The van der Waals surface area contributed by atoms with Crippen molar-refractivity contribution in [2.45, 2.75) is 6.42 Å². The van der Waals surface area contributed by atoms with Crippen LogP contribution in [0.15, 0.2) is 52.0 Å². The maximum atomic E-state index is 12.9. The molecule has 4 aliphatic carbocycles. The van der Waals surface area contributed by atoms with Crippen molar-refractivity contribution >= 4 is 35.3 Å². The molecule has 0 unspecified atom stereocenters. The van der Waals surface area contributed by atoms with Gasteiger partial charge in [-0.3, -0.25) is 19.7 Å². The summed E-state index contributed by atoms with van der Waals surface area (Å²) in [6.07, 6.45) is 6.62.